The number of hydrogen-bond acceptors (Lipinski definition) is 3. The Balaban J connectivity index is 1.53. The van der Waals surface area contributed by atoms with Crippen LogP contribution in [-0.2, 0) is 11.3 Å². The molecule has 0 saturated carbocycles. The van der Waals surface area contributed by atoms with Crippen LogP contribution in [0.4, 0.5) is 4.79 Å². The zero-order valence-corrected chi connectivity index (χ0v) is 16.9. The number of halogens is 2. The fourth-order valence-electron chi connectivity index (χ4n) is 2.97. The van der Waals surface area contributed by atoms with Gasteiger partial charge in [0.05, 0.1) is 16.6 Å². The molecule has 1 fully saturated rings. The number of nitrogens with one attached hydrogen (secondary N) is 1. The van der Waals surface area contributed by atoms with Gasteiger partial charge in [-0.3, -0.25) is 9.69 Å². The second-order valence-electron chi connectivity index (χ2n) is 6.70. The van der Waals surface area contributed by atoms with Crippen molar-refractivity contribution in [1.82, 2.24) is 10.2 Å². The van der Waals surface area contributed by atoms with Crippen molar-refractivity contribution in [2.24, 2.45) is 0 Å². The SMILES string of the molecule is Cc1ccc(CN2C(=O)N/C(=C\c3ccc(-c4ccc(Cl)c(Cl)c4)o3)C2=O)cc1. The standard InChI is InChI=1S/C22H16Cl2N2O3/c1-13-2-4-14(5-3-13)12-26-21(27)19(25-22(26)28)11-16-7-9-20(29-16)15-6-8-17(23)18(24)10-15/h2-11H,12H2,1H3,(H,25,28)/b19-11-. The number of aryl methyl sites for hydroxylation is 1. The van der Waals surface area contributed by atoms with Crippen LogP contribution in [0.3, 0.4) is 0 Å². The predicted molar refractivity (Wildman–Crippen MR) is 112 cm³/mol. The molecular weight excluding hydrogens is 411 g/mol. The summed E-state index contributed by atoms with van der Waals surface area (Å²) < 4.78 is 5.78. The lowest BCUT2D eigenvalue weighted by Gasteiger charge is -2.11. The molecule has 0 atom stereocenters. The number of rotatable bonds is 4. The summed E-state index contributed by atoms with van der Waals surface area (Å²) in [5.41, 5.74) is 2.91. The van der Waals surface area contributed by atoms with E-state index in [4.69, 9.17) is 27.6 Å². The van der Waals surface area contributed by atoms with Crippen molar-refractivity contribution in [3.63, 3.8) is 0 Å². The lowest BCUT2D eigenvalue weighted by atomic mass is 10.1. The van der Waals surface area contributed by atoms with Gasteiger partial charge in [-0.15, -0.1) is 0 Å². The monoisotopic (exact) mass is 426 g/mol. The molecule has 1 aliphatic rings. The maximum Gasteiger partial charge on any atom is 0.329 e. The molecular formula is C22H16Cl2N2O3. The Hall–Kier alpha value is -3.02. The molecule has 7 heteroatoms. The van der Waals surface area contributed by atoms with E-state index in [1.807, 2.05) is 31.2 Å². The number of carbonyl (C=O) groups excluding carboxylic acids is 2. The van der Waals surface area contributed by atoms with Gasteiger partial charge < -0.3 is 9.73 Å². The molecule has 2 aromatic carbocycles. The number of amides is 3. The number of nitrogens with zero attached hydrogens (tertiary/aromatic N) is 1. The van der Waals surface area contributed by atoms with Gasteiger partial charge in [0.15, 0.2) is 0 Å². The van der Waals surface area contributed by atoms with E-state index in [-0.39, 0.29) is 12.2 Å². The highest BCUT2D eigenvalue weighted by atomic mass is 35.5. The first-order valence-electron chi connectivity index (χ1n) is 8.86. The molecule has 1 aliphatic heterocycles. The molecule has 1 aromatic heterocycles. The minimum atomic E-state index is -0.460. The van der Waals surface area contributed by atoms with E-state index in [0.717, 1.165) is 16.7 Å². The van der Waals surface area contributed by atoms with Crippen molar-refractivity contribution >= 4 is 41.2 Å². The number of hydrogen-bond donors (Lipinski definition) is 1. The van der Waals surface area contributed by atoms with Crippen LogP contribution in [0.1, 0.15) is 16.9 Å². The minimum Gasteiger partial charge on any atom is -0.457 e. The predicted octanol–water partition coefficient (Wildman–Crippen LogP) is 5.65. The van der Waals surface area contributed by atoms with E-state index >= 15 is 0 Å². The smallest absolute Gasteiger partial charge is 0.329 e. The summed E-state index contributed by atoms with van der Waals surface area (Å²) >= 11 is 12.0. The Morgan fingerprint density at radius 2 is 1.76 bits per heavy atom. The molecule has 0 spiro atoms. The van der Waals surface area contributed by atoms with Gasteiger partial charge in [-0.2, -0.15) is 0 Å². The van der Waals surface area contributed by atoms with Crippen molar-refractivity contribution in [2.45, 2.75) is 13.5 Å². The Bertz CT molecular complexity index is 1130. The van der Waals surface area contributed by atoms with Gasteiger partial charge in [0.25, 0.3) is 5.91 Å². The summed E-state index contributed by atoms with van der Waals surface area (Å²) in [6.07, 6.45) is 1.51. The molecule has 1 saturated heterocycles. The average molecular weight is 427 g/mol. The van der Waals surface area contributed by atoms with E-state index in [1.165, 1.54) is 11.0 Å². The van der Waals surface area contributed by atoms with Crippen LogP contribution >= 0.6 is 23.2 Å². The van der Waals surface area contributed by atoms with E-state index in [2.05, 4.69) is 5.32 Å². The highest BCUT2D eigenvalue weighted by molar-refractivity contribution is 6.42. The molecule has 146 valence electrons. The molecule has 5 nitrogen and oxygen atoms in total. The normalized spacial score (nSPS) is 15.3. The van der Waals surface area contributed by atoms with Crippen molar-refractivity contribution in [3.8, 4) is 11.3 Å². The largest absolute Gasteiger partial charge is 0.457 e. The van der Waals surface area contributed by atoms with Crippen LogP contribution in [0.25, 0.3) is 17.4 Å². The quantitative estimate of drug-likeness (QED) is 0.432. The number of furan rings is 1. The van der Waals surface area contributed by atoms with Crippen molar-refractivity contribution in [1.29, 1.82) is 0 Å². The van der Waals surface area contributed by atoms with Gasteiger partial charge >= 0.3 is 6.03 Å². The lowest BCUT2D eigenvalue weighted by molar-refractivity contribution is -0.123. The Morgan fingerprint density at radius 3 is 2.48 bits per heavy atom. The van der Waals surface area contributed by atoms with E-state index in [0.29, 0.717) is 21.6 Å². The molecule has 0 radical (unpaired) electrons. The first-order chi connectivity index (χ1) is 13.9. The van der Waals surface area contributed by atoms with Gasteiger partial charge in [-0.05, 0) is 42.8 Å². The Kier molecular flexibility index (Phi) is 5.18. The van der Waals surface area contributed by atoms with Gasteiger partial charge in [0.1, 0.15) is 17.2 Å². The zero-order chi connectivity index (χ0) is 20.5. The van der Waals surface area contributed by atoms with Crippen LogP contribution < -0.4 is 5.32 Å². The summed E-state index contributed by atoms with van der Waals surface area (Å²) in [5.74, 6) is 0.610. The molecule has 3 aromatic rings. The first kappa shape index (κ1) is 19.3. The lowest BCUT2D eigenvalue weighted by Crippen LogP contribution is -2.30. The maximum absolute atomic E-state index is 12.7. The molecule has 2 heterocycles. The van der Waals surface area contributed by atoms with Crippen LogP contribution in [0.15, 0.2) is 64.7 Å². The van der Waals surface area contributed by atoms with Crippen LogP contribution in [0.2, 0.25) is 10.0 Å². The van der Waals surface area contributed by atoms with Crippen LogP contribution in [-0.4, -0.2) is 16.8 Å². The third-order valence-electron chi connectivity index (χ3n) is 4.54. The Labute approximate surface area is 177 Å². The molecule has 0 bridgehead atoms. The molecule has 3 amide bonds. The zero-order valence-electron chi connectivity index (χ0n) is 15.4. The van der Waals surface area contributed by atoms with E-state index in [1.54, 1.807) is 30.3 Å². The van der Waals surface area contributed by atoms with Gasteiger partial charge in [0.2, 0.25) is 0 Å². The molecule has 4 rings (SSSR count). The highest BCUT2D eigenvalue weighted by Gasteiger charge is 2.33. The van der Waals surface area contributed by atoms with Crippen molar-refractivity contribution < 1.29 is 14.0 Å². The van der Waals surface area contributed by atoms with Crippen LogP contribution in [0, 0.1) is 6.92 Å². The number of urea groups is 1. The summed E-state index contributed by atoms with van der Waals surface area (Å²) in [6.45, 7) is 2.18. The average Bonchev–Trinajstić information content (AvgIpc) is 3.26. The van der Waals surface area contributed by atoms with Crippen LogP contribution in [0.5, 0.6) is 0 Å². The maximum atomic E-state index is 12.7. The first-order valence-corrected chi connectivity index (χ1v) is 9.61. The third-order valence-corrected chi connectivity index (χ3v) is 5.28. The highest BCUT2D eigenvalue weighted by Crippen LogP contribution is 2.30. The van der Waals surface area contributed by atoms with Gasteiger partial charge in [-0.25, -0.2) is 4.79 Å². The summed E-state index contributed by atoms with van der Waals surface area (Å²) in [7, 11) is 0. The van der Waals surface area contributed by atoms with Crippen molar-refractivity contribution in [2.75, 3.05) is 0 Å². The third kappa shape index (κ3) is 4.06. The van der Waals surface area contributed by atoms with Crippen molar-refractivity contribution in [3.05, 3.63) is 87.2 Å². The van der Waals surface area contributed by atoms with Gasteiger partial charge in [0, 0.05) is 11.6 Å². The molecule has 29 heavy (non-hydrogen) atoms. The molecule has 0 unspecified atom stereocenters. The van der Waals surface area contributed by atoms with E-state index in [9.17, 15) is 9.59 Å². The van der Waals surface area contributed by atoms with E-state index < -0.39 is 11.9 Å². The van der Waals surface area contributed by atoms with Gasteiger partial charge in [-0.1, -0.05) is 53.0 Å². The second-order valence-corrected chi connectivity index (χ2v) is 7.51. The number of benzene rings is 2. The fraction of sp³-hybridized carbons (Fsp3) is 0.0909. The fourth-order valence-corrected chi connectivity index (χ4v) is 3.27. The summed E-state index contributed by atoms with van der Waals surface area (Å²) in [4.78, 5) is 26.1. The summed E-state index contributed by atoms with van der Waals surface area (Å²) in [6, 6.07) is 15.9. The second kappa shape index (κ2) is 7.78. The topological polar surface area (TPSA) is 62.6 Å². The minimum absolute atomic E-state index is 0.164. The molecule has 0 aliphatic carbocycles. The number of imide groups is 1. The Morgan fingerprint density at radius 1 is 1.00 bits per heavy atom. The molecule has 1 N–H and O–H groups in total. The summed E-state index contributed by atoms with van der Waals surface area (Å²) in [5, 5.41) is 3.48. The number of carbonyl (C=O) groups is 2.